The zero-order valence-electron chi connectivity index (χ0n) is 7.08. The van der Waals surface area contributed by atoms with E-state index in [1.165, 1.54) is 6.07 Å². The number of fused-ring (bicyclic) bond motifs is 1. The molecule has 1 aromatic heterocycles. The van der Waals surface area contributed by atoms with Crippen molar-refractivity contribution in [2.45, 2.75) is 0 Å². The number of rotatable bonds is 0. The maximum absolute atomic E-state index is 11.1. The smallest absolute Gasteiger partial charge is 0.296 e. The van der Waals surface area contributed by atoms with Crippen molar-refractivity contribution in [3.05, 3.63) is 55.9 Å². The van der Waals surface area contributed by atoms with Crippen molar-refractivity contribution in [2.75, 3.05) is 0 Å². The first-order valence-corrected chi connectivity index (χ1v) is 4.37. The summed E-state index contributed by atoms with van der Waals surface area (Å²) in [5.41, 5.74) is -0.635. The van der Waals surface area contributed by atoms with Gasteiger partial charge >= 0.3 is 0 Å². The van der Waals surface area contributed by atoms with E-state index in [4.69, 9.17) is 11.6 Å². The summed E-state index contributed by atoms with van der Waals surface area (Å²) in [7, 11) is 0. The Balaban J connectivity index is 3.01. The van der Waals surface area contributed by atoms with E-state index >= 15 is 0 Å². The molecule has 0 aliphatic heterocycles. The molecule has 2 aromatic rings. The Morgan fingerprint density at radius 3 is 2.57 bits per heavy atom. The Morgan fingerprint density at radius 2 is 1.79 bits per heavy atom. The summed E-state index contributed by atoms with van der Waals surface area (Å²) in [5.74, 6) is 0. The van der Waals surface area contributed by atoms with Gasteiger partial charge in [0, 0.05) is 10.5 Å². The van der Waals surface area contributed by atoms with E-state index in [9.17, 15) is 9.59 Å². The van der Waals surface area contributed by atoms with Crippen LogP contribution in [0.5, 0.6) is 0 Å². The van der Waals surface area contributed by atoms with E-state index in [-0.39, 0.29) is 0 Å². The van der Waals surface area contributed by atoms with Crippen molar-refractivity contribution >= 4 is 22.5 Å². The molecule has 0 unspecified atom stereocenters. The molecule has 0 saturated carbocycles. The van der Waals surface area contributed by atoms with E-state index < -0.39 is 11.0 Å². The molecule has 1 heterocycles. The van der Waals surface area contributed by atoms with Gasteiger partial charge in [-0.3, -0.25) is 9.59 Å². The molecule has 0 spiro atoms. The van der Waals surface area contributed by atoms with E-state index in [1.54, 1.807) is 24.3 Å². The van der Waals surface area contributed by atoms with Crippen LogP contribution in [0, 0.1) is 0 Å². The van der Waals surface area contributed by atoms with Crippen LogP contribution in [0.15, 0.2) is 39.9 Å². The van der Waals surface area contributed by atoms with Crippen molar-refractivity contribution < 1.29 is 0 Å². The maximum Gasteiger partial charge on any atom is 0.296 e. The van der Waals surface area contributed by atoms with Gasteiger partial charge in [-0.25, -0.2) is 0 Å². The van der Waals surface area contributed by atoms with Gasteiger partial charge in [0.05, 0.1) is 0 Å². The zero-order valence-corrected chi connectivity index (χ0v) is 7.84. The Labute approximate surface area is 84.0 Å². The van der Waals surface area contributed by atoms with E-state index in [2.05, 4.69) is 4.98 Å². The Hall–Kier alpha value is -1.61. The highest BCUT2D eigenvalue weighted by atomic mass is 35.5. The molecule has 0 fully saturated rings. The largest absolute Gasteiger partial charge is 0.319 e. The van der Waals surface area contributed by atoms with Crippen LogP contribution in [0.1, 0.15) is 0 Å². The van der Waals surface area contributed by atoms with Gasteiger partial charge in [0.15, 0.2) is 0 Å². The minimum atomic E-state index is -0.637. The Bertz CT molecular complexity index is 604. The Morgan fingerprint density at radius 1 is 1.07 bits per heavy atom. The van der Waals surface area contributed by atoms with Crippen LogP contribution in [0.2, 0.25) is 5.02 Å². The van der Waals surface area contributed by atoms with Crippen LogP contribution in [-0.4, -0.2) is 4.98 Å². The average Bonchev–Trinajstić information content (AvgIpc) is 2.27. The summed E-state index contributed by atoms with van der Waals surface area (Å²) >= 11 is 5.75. The molecule has 1 N–H and O–H groups in total. The molecule has 0 atom stereocenters. The van der Waals surface area contributed by atoms with Gasteiger partial charge in [-0.1, -0.05) is 17.7 Å². The molecule has 0 aliphatic carbocycles. The number of aromatic nitrogens is 1. The fourth-order valence-corrected chi connectivity index (χ4v) is 1.38. The molecular weight excluding hydrogens is 202 g/mol. The second-order valence-electron chi connectivity index (χ2n) is 2.88. The lowest BCUT2D eigenvalue weighted by Gasteiger charge is -1.91. The van der Waals surface area contributed by atoms with Gasteiger partial charge in [-0.15, -0.1) is 0 Å². The first kappa shape index (κ1) is 8.97. The van der Waals surface area contributed by atoms with E-state index in [0.717, 1.165) is 5.39 Å². The van der Waals surface area contributed by atoms with Crippen molar-refractivity contribution in [1.29, 1.82) is 0 Å². The van der Waals surface area contributed by atoms with Gasteiger partial charge < -0.3 is 4.98 Å². The molecule has 1 aromatic carbocycles. The quantitative estimate of drug-likeness (QED) is 0.667. The van der Waals surface area contributed by atoms with Gasteiger partial charge in [-0.2, -0.15) is 0 Å². The summed E-state index contributed by atoms with van der Waals surface area (Å²) in [6, 6.07) is 7.89. The molecule has 0 aliphatic rings. The lowest BCUT2D eigenvalue weighted by Crippen LogP contribution is -2.22. The van der Waals surface area contributed by atoms with Gasteiger partial charge in [-0.05, 0) is 29.7 Å². The van der Waals surface area contributed by atoms with Crippen LogP contribution in [-0.2, 0) is 0 Å². The van der Waals surface area contributed by atoms with Crippen LogP contribution in [0.3, 0.4) is 0 Å². The summed E-state index contributed by atoms with van der Waals surface area (Å²) in [6.07, 6.45) is 0. The second-order valence-corrected chi connectivity index (χ2v) is 3.32. The highest BCUT2D eigenvalue weighted by molar-refractivity contribution is 6.31. The lowest BCUT2D eigenvalue weighted by atomic mass is 10.2. The molecule has 4 heteroatoms. The normalized spacial score (nSPS) is 10.4. The zero-order chi connectivity index (χ0) is 10.1. The van der Waals surface area contributed by atoms with Gasteiger partial charge in [0.25, 0.3) is 5.56 Å². The summed E-state index contributed by atoms with van der Waals surface area (Å²) in [6.45, 7) is 0. The monoisotopic (exact) mass is 207 g/mol. The molecule has 2 rings (SSSR count). The second kappa shape index (κ2) is 3.27. The van der Waals surface area contributed by atoms with E-state index in [1.807, 2.05) is 0 Å². The molecular formula is C10H6ClNO2. The topological polar surface area (TPSA) is 49.9 Å². The predicted molar refractivity (Wildman–Crippen MR) is 55.8 cm³/mol. The SMILES string of the molecule is O=c1ccc2ccc(Cl)cc2[nH]c1=O. The molecule has 0 radical (unpaired) electrons. The standard InChI is InChI=1S/C10H6ClNO2/c11-7-3-1-6-2-4-9(13)10(14)12-8(6)5-7/h1-5H,(H,12,13,14). The van der Waals surface area contributed by atoms with E-state index in [0.29, 0.717) is 10.5 Å². The fourth-order valence-electron chi connectivity index (χ4n) is 1.21. The van der Waals surface area contributed by atoms with Crippen LogP contribution >= 0.6 is 11.6 Å². The first-order valence-electron chi connectivity index (χ1n) is 4.00. The number of hydrogen-bond donors (Lipinski definition) is 1. The van der Waals surface area contributed by atoms with Crippen molar-refractivity contribution in [3.63, 3.8) is 0 Å². The summed E-state index contributed by atoms with van der Waals surface area (Å²) < 4.78 is 0. The molecule has 3 nitrogen and oxygen atoms in total. The third-order valence-electron chi connectivity index (χ3n) is 1.90. The first-order chi connectivity index (χ1) is 6.66. The summed E-state index contributed by atoms with van der Waals surface area (Å²) in [4.78, 5) is 24.6. The number of hydrogen-bond acceptors (Lipinski definition) is 2. The third-order valence-corrected chi connectivity index (χ3v) is 2.14. The number of benzene rings is 1. The van der Waals surface area contributed by atoms with Crippen LogP contribution in [0.25, 0.3) is 10.9 Å². The molecule has 0 bridgehead atoms. The number of halogens is 1. The Kier molecular flexibility index (Phi) is 2.09. The highest BCUT2D eigenvalue weighted by Gasteiger charge is 1.95. The lowest BCUT2D eigenvalue weighted by molar-refractivity contribution is 1.29. The summed E-state index contributed by atoms with van der Waals surface area (Å²) in [5, 5.41) is 1.29. The minimum absolute atomic E-state index is 0.520. The molecule has 14 heavy (non-hydrogen) atoms. The van der Waals surface area contributed by atoms with Gasteiger partial charge in [0.1, 0.15) is 0 Å². The molecule has 0 amide bonds. The number of aromatic amines is 1. The maximum atomic E-state index is 11.1. The third kappa shape index (κ3) is 1.54. The van der Waals surface area contributed by atoms with Crippen molar-refractivity contribution in [1.82, 2.24) is 4.98 Å². The average molecular weight is 208 g/mol. The van der Waals surface area contributed by atoms with Crippen LogP contribution < -0.4 is 11.0 Å². The van der Waals surface area contributed by atoms with Crippen molar-refractivity contribution in [3.8, 4) is 0 Å². The molecule has 70 valence electrons. The van der Waals surface area contributed by atoms with Crippen molar-refractivity contribution in [2.24, 2.45) is 0 Å². The minimum Gasteiger partial charge on any atom is -0.319 e. The van der Waals surface area contributed by atoms with Crippen LogP contribution in [0.4, 0.5) is 0 Å². The number of H-pyrrole nitrogens is 1. The van der Waals surface area contributed by atoms with Gasteiger partial charge in [0.2, 0.25) is 5.43 Å². The predicted octanol–water partition coefficient (Wildman–Crippen LogP) is 1.54. The highest BCUT2D eigenvalue weighted by Crippen LogP contribution is 2.14. The fraction of sp³-hybridized carbons (Fsp3) is 0. The number of nitrogens with one attached hydrogen (secondary N) is 1. The molecule has 0 saturated heterocycles.